The first-order chi connectivity index (χ1) is 11.4. The van der Waals surface area contributed by atoms with E-state index in [4.69, 9.17) is 16.6 Å². The number of fused-ring (bicyclic) bond motifs is 1. The molecule has 4 nitrogen and oxygen atoms in total. The zero-order valence-corrected chi connectivity index (χ0v) is 15.2. The number of hydrogen-bond donors (Lipinski definition) is 1. The van der Waals surface area contributed by atoms with Crippen LogP contribution in [0.15, 0.2) is 29.1 Å². The van der Waals surface area contributed by atoms with Gasteiger partial charge in [-0.1, -0.05) is 37.6 Å². The van der Waals surface area contributed by atoms with Gasteiger partial charge in [0.25, 0.3) is 5.56 Å². The lowest BCUT2D eigenvalue weighted by atomic mass is 10.0. The van der Waals surface area contributed by atoms with Gasteiger partial charge in [0.15, 0.2) is 5.65 Å². The molecule has 3 rings (SSSR count). The first-order valence-electron chi connectivity index (χ1n) is 8.25. The third-order valence-electron chi connectivity index (χ3n) is 4.37. The minimum Gasteiger partial charge on any atom is -0.293 e. The molecule has 0 aliphatic rings. The van der Waals surface area contributed by atoms with Crippen LogP contribution in [0.5, 0.6) is 0 Å². The highest BCUT2D eigenvalue weighted by atomic mass is 35.5. The van der Waals surface area contributed by atoms with Gasteiger partial charge in [-0.15, -0.1) is 0 Å². The van der Waals surface area contributed by atoms with Crippen LogP contribution in [-0.4, -0.2) is 14.6 Å². The SMILES string of the molecule is Cc1nc2c(-c3ccc(Cl)cc3)c(C)[nH]n2c(=O)c1CCC(C)C. The van der Waals surface area contributed by atoms with Crippen molar-refractivity contribution >= 4 is 17.2 Å². The fraction of sp³-hybridized carbons (Fsp3) is 0.368. The summed E-state index contributed by atoms with van der Waals surface area (Å²) in [6.07, 6.45) is 1.74. The zero-order valence-electron chi connectivity index (χ0n) is 14.5. The Kier molecular flexibility index (Phi) is 4.50. The molecule has 0 atom stereocenters. The van der Waals surface area contributed by atoms with Gasteiger partial charge in [-0.2, -0.15) is 0 Å². The minimum absolute atomic E-state index is 0.00136. The second kappa shape index (κ2) is 6.44. The Bertz CT molecular complexity index is 936. The van der Waals surface area contributed by atoms with Crippen molar-refractivity contribution in [3.05, 3.63) is 56.6 Å². The largest absolute Gasteiger partial charge is 0.293 e. The van der Waals surface area contributed by atoms with Crippen molar-refractivity contribution in [3.8, 4) is 11.1 Å². The van der Waals surface area contributed by atoms with Gasteiger partial charge in [0, 0.05) is 27.5 Å². The van der Waals surface area contributed by atoms with Crippen molar-refractivity contribution in [2.45, 2.75) is 40.5 Å². The van der Waals surface area contributed by atoms with E-state index < -0.39 is 0 Å². The summed E-state index contributed by atoms with van der Waals surface area (Å²) in [6, 6.07) is 7.60. The Morgan fingerprint density at radius 3 is 2.50 bits per heavy atom. The summed E-state index contributed by atoms with van der Waals surface area (Å²) in [6.45, 7) is 8.21. The van der Waals surface area contributed by atoms with Crippen LogP contribution in [0.1, 0.15) is 37.2 Å². The number of aryl methyl sites for hydroxylation is 2. The molecule has 3 aromatic rings. The van der Waals surface area contributed by atoms with Crippen LogP contribution in [0.2, 0.25) is 5.02 Å². The zero-order chi connectivity index (χ0) is 17.4. The maximum Gasteiger partial charge on any atom is 0.276 e. The summed E-state index contributed by atoms with van der Waals surface area (Å²) in [5.74, 6) is 0.555. The summed E-state index contributed by atoms with van der Waals surface area (Å²) in [5.41, 5.74) is 5.15. The predicted molar refractivity (Wildman–Crippen MR) is 98.9 cm³/mol. The van der Waals surface area contributed by atoms with Crippen molar-refractivity contribution in [1.82, 2.24) is 14.6 Å². The highest BCUT2D eigenvalue weighted by Crippen LogP contribution is 2.28. The minimum atomic E-state index is 0.00136. The third-order valence-corrected chi connectivity index (χ3v) is 4.62. The summed E-state index contributed by atoms with van der Waals surface area (Å²) in [4.78, 5) is 17.6. The molecule has 0 spiro atoms. The number of H-pyrrole nitrogens is 1. The Hall–Kier alpha value is -2.07. The lowest BCUT2D eigenvalue weighted by Gasteiger charge is -2.08. The maximum absolute atomic E-state index is 12.9. The first kappa shape index (κ1) is 16.8. The average Bonchev–Trinajstić information content (AvgIpc) is 2.84. The molecule has 0 bridgehead atoms. The second-order valence-corrected chi connectivity index (χ2v) is 7.13. The molecule has 5 heteroatoms. The van der Waals surface area contributed by atoms with Gasteiger partial charge >= 0.3 is 0 Å². The number of aromatic amines is 1. The molecule has 1 N–H and O–H groups in total. The molecule has 24 heavy (non-hydrogen) atoms. The maximum atomic E-state index is 12.9. The fourth-order valence-electron chi connectivity index (χ4n) is 3.01. The summed E-state index contributed by atoms with van der Waals surface area (Å²) in [7, 11) is 0. The number of aromatic nitrogens is 3. The van der Waals surface area contributed by atoms with Gasteiger partial charge in [-0.3, -0.25) is 9.89 Å². The lowest BCUT2D eigenvalue weighted by Crippen LogP contribution is -2.22. The van der Waals surface area contributed by atoms with Gasteiger partial charge in [-0.05, 0) is 50.3 Å². The molecule has 0 saturated carbocycles. The van der Waals surface area contributed by atoms with E-state index in [9.17, 15) is 4.79 Å². The van der Waals surface area contributed by atoms with Crippen molar-refractivity contribution in [2.75, 3.05) is 0 Å². The van der Waals surface area contributed by atoms with Crippen molar-refractivity contribution in [3.63, 3.8) is 0 Å². The molecule has 2 heterocycles. The number of halogens is 1. The van der Waals surface area contributed by atoms with Crippen LogP contribution in [0.25, 0.3) is 16.8 Å². The summed E-state index contributed by atoms with van der Waals surface area (Å²) >= 11 is 5.98. The quantitative estimate of drug-likeness (QED) is 0.755. The van der Waals surface area contributed by atoms with Crippen LogP contribution in [0.4, 0.5) is 0 Å². The monoisotopic (exact) mass is 343 g/mol. The van der Waals surface area contributed by atoms with Crippen LogP contribution in [-0.2, 0) is 6.42 Å². The molecular formula is C19H22ClN3O. The smallest absolute Gasteiger partial charge is 0.276 e. The van der Waals surface area contributed by atoms with Crippen molar-refractivity contribution in [2.24, 2.45) is 5.92 Å². The van der Waals surface area contributed by atoms with Gasteiger partial charge in [-0.25, -0.2) is 9.50 Å². The topological polar surface area (TPSA) is 50.2 Å². The second-order valence-electron chi connectivity index (χ2n) is 6.69. The molecular weight excluding hydrogens is 322 g/mol. The molecule has 2 aromatic heterocycles. The Morgan fingerprint density at radius 1 is 1.21 bits per heavy atom. The molecule has 0 aliphatic carbocycles. The highest BCUT2D eigenvalue weighted by molar-refractivity contribution is 6.30. The van der Waals surface area contributed by atoms with Gasteiger partial charge in [0.2, 0.25) is 0 Å². The number of nitrogens with one attached hydrogen (secondary N) is 1. The van der Waals surface area contributed by atoms with Gasteiger partial charge < -0.3 is 0 Å². The normalized spacial score (nSPS) is 11.6. The van der Waals surface area contributed by atoms with Crippen molar-refractivity contribution < 1.29 is 0 Å². The van der Waals surface area contributed by atoms with Crippen molar-refractivity contribution in [1.29, 1.82) is 0 Å². The van der Waals surface area contributed by atoms with E-state index in [-0.39, 0.29) is 5.56 Å². The molecule has 0 amide bonds. The van der Waals surface area contributed by atoms with E-state index in [1.54, 1.807) is 4.52 Å². The number of nitrogens with zero attached hydrogens (tertiary/aromatic N) is 2. The van der Waals surface area contributed by atoms with Crippen LogP contribution in [0, 0.1) is 19.8 Å². The molecule has 0 fully saturated rings. The number of benzene rings is 1. The molecule has 1 aromatic carbocycles. The Balaban J connectivity index is 2.19. The van der Waals surface area contributed by atoms with E-state index in [1.165, 1.54) is 0 Å². The van der Waals surface area contributed by atoms with E-state index >= 15 is 0 Å². The lowest BCUT2D eigenvalue weighted by molar-refractivity contribution is 0.581. The Morgan fingerprint density at radius 2 is 1.88 bits per heavy atom. The summed E-state index contributed by atoms with van der Waals surface area (Å²) < 4.78 is 1.57. The fourth-order valence-corrected chi connectivity index (χ4v) is 3.13. The van der Waals surface area contributed by atoms with E-state index in [1.807, 2.05) is 38.1 Å². The molecule has 0 unspecified atom stereocenters. The summed E-state index contributed by atoms with van der Waals surface area (Å²) in [5, 5.41) is 3.86. The third kappa shape index (κ3) is 2.98. The van der Waals surface area contributed by atoms with Crippen LogP contribution >= 0.6 is 11.6 Å². The molecule has 0 saturated heterocycles. The average molecular weight is 344 g/mol. The highest BCUT2D eigenvalue weighted by Gasteiger charge is 2.17. The first-order valence-corrected chi connectivity index (χ1v) is 8.63. The molecule has 126 valence electrons. The van der Waals surface area contributed by atoms with Crippen LogP contribution in [0.3, 0.4) is 0 Å². The molecule has 0 aliphatic heterocycles. The number of rotatable bonds is 4. The standard InChI is InChI=1S/C19H22ClN3O/c1-11(2)5-10-16-12(3)21-18-17(13(4)22-23(18)19(16)24)14-6-8-15(20)9-7-14/h6-9,11,22H,5,10H2,1-4H3. The molecule has 0 radical (unpaired) electrons. The van der Waals surface area contributed by atoms with E-state index in [0.29, 0.717) is 16.6 Å². The predicted octanol–water partition coefficient (Wildman–Crippen LogP) is 4.55. The Labute approximate surface area is 146 Å². The van der Waals surface area contributed by atoms with E-state index in [0.717, 1.165) is 40.9 Å². The van der Waals surface area contributed by atoms with Gasteiger partial charge in [0.05, 0.1) is 0 Å². The van der Waals surface area contributed by atoms with Gasteiger partial charge in [0.1, 0.15) is 0 Å². The number of hydrogen-bond acceptors (Lipinski definition) is 2. The van der Waals surface area contributed by atoms with E-state index in [2.05, 4.69) is 18.9 Å². The van der Waals surface area contributed by atoms with Crippen LogP contribution < -0.4 is 5.56 Å².